The fourth-order valence-electron chi connectivity index (χ4n) is 2.81. The molecule has 158 valence electrons. The van der Waals surface area contributed by atoms with Gasteiger partial charge in [-0.1, -0.05) is 23.5 Å². The number of alkyl halides is 3. The largest absolute Gasteiger partial charge is 0.439 e. The van der Waals surface area contributed by atoms with Crippen molar-refractivity contribution < 1.29 is 22.7 Å². The predicted octanol–water partition coefficient (Wildman–Crippen LogP) is 5.65. The summed E-state index contributed by atoms with van der Waals surface area (Å²) in [5, 5.41) is 2.99. The first-order chi connectivity index (χ1) is 14.7. The molecule has 0 saturated heterocycles. The normalized spacial score (nSPS) is 11.5. The van der Waals surface area contributed by atoms with E-state index in [-0.39, 0.29) is 5.56 Å². The number of carbonyl (C=O) groups is 1. The standard InChI is InChI=1S/C21H15F3N4O2S/c1-11-5-6-14(26-18(29)12-3-2-4-13(9-12)21(22,23)24)10-16(11)30-17-8-7-15-19(28-17)31-20(25)27-15/h2-10H,1H3,(H2,25,27)(H,26,29). The van der Waals surface area contributed by atoms with Crippen LogP contribution >= 0.6 is 11.3 Å². The number of amides is 1. The van der Waals surface area contributed by atoms with Gasteiger partial charge in [-0.2, -0.15) is 13.2 Å². The van der Waals surface area contributed by atoms with Gasteiger partial charge >= 0.3 is 6.18 Å². The van der Waals surface area contributed by atoms with Crippen LogP contribution in [0.25, 0.3) is 10.3 Å². The van der Waals surface area contributed by atoms with E-state index in [0.717, 1.165) is 17.7 Å². The Bertz CT molecular complexity index is 1290. The number of hydrogen-bond donors (Lipinski definition) is 2. The molecule has 4 aromatic rings. The van der Waals surface area contributed by atoms with Crippen LogP contribution in [-0.4, -0.2) is 15.9 Å². The minimum absolute atomic E-state index is 0.104. The van der Waals surface area contributed by atoms with Crippen LogP contribution in [0.4, 0.5) is 24.0 Å². The number of fused-ring (bicyclic) bond motifs is 1. The lowest BCUT2D eigenvalue weighted by molar-refractivity contribution is -0.137. The Kier molecular flexibility index (Phi) is 5.24. The number of nitrogens with two attached hydrogens (primary N) is 1. The number of anilines is 2. The summed E-state index contributed by atoms with van der Waals surface area (Å²) in [6, 6.07) is 12.5. The lowest BCUT2D eigenvalue weighted by Crippen LogP contribution is -2.14. The Morgan fingerprint density at radius 2 is 1.90 bits per heavy atom. The van der Waals surface area contributed by atoms with Crippen molar-refractivity contribution in [2.24, 2.45) is 0 Å². The molecule has 31 heavy (non-hydrogen) atoms. The molecule has 0 radical (unpaired) electrons. The molecule has 0 aliphatic rings. The molecule has 2 aromatic heterocycles. The Labute approximate surface area is 178 Å². The number of rotatable bonds is 4. The summed E-state index contributed by atoms with van der Waals surface area (Å²) in [6.45, 7) is 1.82. The SMILES string of the molecule is Cc1ccc(NC(=O)c2cccc(C(F)(F)F)c2)cc1Oc1ccc2nc(N)sc2n1. The molecule has 6 nitrogen and oxygen atoms in total. The lowest BCUT2D eigenvalue weighted by Gasteiger charge is -2.12. The van der Waals surface area contributed by atoms with Gasteiger partial charge in [0.25, 0.3) is 5.91 Å². The number of thiazole rings is 1. The van der Waals surface area contributed by atoms with Crippen molar-refractivity contribution >= 4 is 38.4 Å². The van der Waals surface area contributed by atoms with Crippen molar-refractivity contribution in [3.8, 4) is 11.6 Å². The van der Waals surface area contributed by atoms with Gasteiger partial charge in [0.2, 0.25) is 5.88 Å². The molecule has 0 aliphatic carbocycles. The Hall–Kier alpha value is -3.66. The number of nitrogens with zero attached hydrogens (tertiary/aromatic N) is 2. The first kappa shape index (κ1) is 20.6. The predicted molar refractivity (Wildman–Crippen MR) is 112 cm³/mol. The molecule has 0 atom stereocenters. The van der Waals surface area contributed by atoms with Crippen molar-refractivity contribution in [1.29, 1.82) is 0 Å². The summed E-state index contributed by atoms with van der Waals surface area (Å²) in [5.41, 5.74) is 6.50. The van der Waals surface area contributed by atoms with Crippen molar-refractivity contribution in [3.05, 3.63) is 71.3 Å². The number of aryl methyl sites for hydroxylation is 1. The van der Waals surface area contributed by atoms with E-state index in [4.69, 9.17) is 10.5 Å². The number of nitrogen functional groups attached to an aromatic ring is 1. The highest BCUT2D eigenvalue weighted by Crippen LogP contribution is 2.31. The molecule has 1 amide bonds. The smallest absolute Gasteiger partial charge is 0.416 e. The van der Waals surface area contributed by atoms with Gasteiger partial charge in [-0.25, -0.2) is 9.97 Å². The van der Waals surface area contributed by atoms with Crippen LogP contribution in [0.5, 0.6) is 11.6 Å². The van der Waals surface area contributed by atoms with E-state index in [2.05, 4.69) is 15.3 Å². The number of pyridine rings is 1. The van der Waals surface area contributed by atoms with Crippen LogP contribution < -0.4 is 15.8 Å². The number of carbonyl (C=O) groups excluding carboxylic acids is 1. The van der Waals surface area contributed by atoms with Gasteiger partial charge in [0.1, 0.15) is 16.1 Å². The monoisotopic (exact) mass is 444 g/mol. The van der Waals surface area contributed by atoms with E-state index in [1.54, 1.807) is 30.3 Å². The zero-order chi connectivity index (χ0) is 22.2. The Balaban J connectivity index is 1.55. The average molecular weight is 444 g/mol. The van der Waals surface area contributed by atoms with Crippen LogP contribution in [0, 0.1) is 6.92 Å². The number of aromatic nitrogens is 2. The summed E-state index contributed by atoms with van der Waals surface area (Å²) in [5.74, 6) is 0.0902. The third-order valence-electron chi connectivity index (χ3n) is 4.36. The van der Waals surface area contributed by atoms with E-state index < -0.39 is 17.6 Å². The van der Waals surface area contributed by atoms with Gasteiger partial charge in [-0.15, -0.1) is 0 Å². The van der Waals surface area contributed by atoms with E-state index in [1.807, 2.05) is 6.92 Å². The van der Waals surface area contributed by atoms with Gasteiger partial charge in [0.05, 0.1) is 5.56 Å². The molecular formula is C21H15F3N4O2S. The second-order valence-corrected chi connectivity index (χ2v) is 7.65. The Morgan fingerprint density at radius 3 is 2.68 bits per heavy atom. The summed E-state index contributed by atoms with van der Waals surface area (Å²) in [6.07, 6.45) is -4.53. The maximum atomic E-state index is 12.9. The van der Waals surface area contributed by atoms with Crippen molar-refractivity contribution in [2.75, 3.05) is 11.1 Å². The zero-order valence-corrected chi connectivity index (χ0v) is 16.8. The quantitative estimate of drug-likeness (QED) is 0.425. The van der Waals surface area contributed by atoms with Gasteiger partial charge in [-0.3, -0.25) is 4.79 Å². The van der Waals surface area contributed by atoms with E-state index in [0.29, 0.717) is 32.8 Å². The molecule has 0 bridgehead atoms. The van der Waals surface area contributed by atoms with Crippen molar-refractivity contribution in [3.63, 3.8) is 0 Å². The fraction of sp³-hybridized carbons (Fsp3) is 0.0952. The molecule has 10 heteroatoms. The number of halogens is 3. The highest BCUT2D eigenvalue weighted by molar-refractivity contribution is 7.21. The molecule has 0 aliphatic heterocycles. The zero-order valence-electron chi connectivity index (χ0n) is 16.0. The maximum Gasteiger partial charge on any atom is 0.416 e. The number of ether oxygens (including phenoxy) is 1. The molecule has 0 unspecified atom stereocenters. The highest BCUT2D eigenvalue weighted by Gasteiger charge is 2.30. The third kappa shape index (κ3) is 4.58. The molecule has 3 N–H and O–H groups in total. The number of hydrogen-bond acceptors (Lipinski definition) is 6. The number of benzene rings is 2. The number of nitrogens with one attached hydrogen (secondary N) is 1. The van der Waals surface area contributed by atoms with Crippen LogP contribution in [0.3, 0.4) is 0 Å². The van der Waals surface area contributed by atoms with Crippen molar-refractivity contribution in [1.82, 2.24) is 9.97 Å². The molecule has 0 saturated carbocycles. The fourth-order valence-corrected chi connectivity index (χ4v) is 3.51. The molecular weight excluding hydrogens is 429 g/mol. The second-order valence-electron chi connectivity index (χ2n) is 6.64. The lowest BCUT2D eigenvalue weighted by atomic mass is 10.1. The Morgan fingerprint density at radius 1 is 1.10 bits per heavy atom. The summed E-state index contributed by atoms with van der Waals surface area (Å²) in [4.78, 5) is 21.6. The molecule has 2 aromatic carbocycles. The van der Waals surface area contributed by atoms with E-state index in [9.17, 15) is 18.0 Å². The summed E-state index contributed by atoms with van der Waals surface area (Å²) in [7, 11) is 0. The first-order valence-electron chi connectivity index (χ1n) is 8.99. The van der Waals surface area contributed by atoms with E-state index >= 15 is 0 Å². The van der Waals surface area contributed by atoms with Crippen LogP contribution in [0.2, 0.25) is 0 Å². The summed E-state index contributed by atoms with van der Waals surface area (Å²) < 4.78 is 44.5. The van der Waals surface area contributed by atoms with Crippen LogP contribution in [-0.2, 0) is 6.18 Å². The van der Waals surface area contributed by atoms with Crippen LogP contribution in [0.1, 0.15) is 21.5 Å². The van der Waals surface area contributed by atoms with E-state index in [1.165, 1.54) is 23.5 Å². The van der Waals surface area contributed by atoms with Crippen LogP contribution in [0.15, 0.2) is 54.6 Å². The second kappa shape index (κ2) is 7.88. The van der Waals surface area contributed by atoms with Gasteiger partial charge < -0.3 is 15.8 Å². The van der Waals surface area contributed by atoms with Gasteiger partial charge in [0, 0.05) is 23.4 Å². The minimum atomic E-state index is -4.53. The maximum absolute atomic E-state index is 12.9. The summed E-state index contributed by atoms with van der Waals surface area (Å²) >= 11 is 1.23. The van der Waals surface area contributed by atoms with Gasteiger partial charge in [0.15, 0.2) is 5.13 Å². The first-order valence-corrected chi connectivity index (χ1v) is 9.81. The molecule has 4 rings (SSSR count). The topological polar surface area (TPSA) is 90.1 Å². The van der Waals surface area contributed by atoms with Gasteiger partial charge in [-0.05, 0) is 42.8 Å². The highest BCUT2D eigenvalue weighted by atomic mass is 32.1. The average Bonchev–Trinajstić information content (AvgIpc) is 3.09. The third-order valence-corrected chi connectivity index (χ3v) is 5.15. The minimum Gasteiger partial charge on any atom is -0.439 e. The molecule has 0 spiro atoms. The van der Waals surface area contributed by atoms with Crippen molar-refractivity contribution in [2.45, 2.75) is 13.1 Å². The molecule has 0 fully saturated rings. The molecule has 2 heterocycles.